The number of rotatable bonds is 7. The van der Waals surface area contributed by atoms with Gasteiger partial charge in [-0.15, -0.1) is 0 Å². The lowest BCUT2D eigenvalue weighted by atomic mass is 9.96. The number of halogens is 1. The molecule has 3 heterocycles. The van der Waals surface area contributed by atoms with Gasteiger partial charge in [0.2, 0.25) is 0 Å². The fourth-order valence-corrected chi connectivity index (χ4v) is 4.51. The van der Waals surface area contributed by atoms with Crippen molar-refractivity contribution in [3.63, 3.8) is 0 Å². The Hall–Kier alpha value is -3.43. The van der Waals surface area contributed by atoms with E-state index in [1.807, 2.05) is 31.2 Å². The zero-order chi connectivity index (χ0) is 24.4. The van der Waals surface area contributed by atoms with Gasteiger partial charge in [0, 0.05) is 18.1 Å². The van der Waals surface area contributed by atoms with Crippen LogP contribution in [0, 0.1) is 12.8 Å². The molecule has 4 aromatic rings. The molecule has 0 bridgehead atoms. The number of piperidine rings is 1. The number of aromatic nitrogens is 3. The molecule has 0 spiro atoms. The first-order chi connectivity index (χ1) is 16.9. The van der Waals surface area contributed by atoms with E-state index in [-0.39, 0.29) is 18.3 Å². The summed E-state index contributed by atoms with van der Waals surface area (Å²) in [4.78, 5) is 31.4. The minimum atomic E-state index is -0.510. The second-order valence-corrected chi connectivity index (χ2v) is 9.43. The summed E-state index contributed by atoms with van der Waals surface area (Å²) in [5.74, 6) is -0.410. The largest absolute Gasteiger partial charge is 0.420 e. The molecular formula is C25H26ClN5O4. The summed E-state index contributed by atoms with van der Waals surface area (Å²) in [6.45, 7) is 5.38. The van der Waals surface area contributed by atoms with Crippen molar-refractivity contribution in [1.29, 1.82) is 0 Å². The standard InChI is InChI=1S/C25H26ClN5O4/c1-16-2-7-21-20(12-16)31(25(33)34-21)15-22-28-24(35-29-22)23(32)27-13-17-8-10-30(11-9-17)14-18-3-5-19(26)6-4-18/h2-7,12,17H,8-11,13-15H2,1H3,(H,27,32). The molecule has 0 aliphatic carbocycles. The van der Waals surface area contributed by atoms with Crippen LogP contribution in [0.2, 0.25) is 5.02 Å². The highest BCUT2D eigenvalue weighted by atomic mass is 35.5. The van der Waals surface area contributed by atoms with Crippen molar-refractivity contribution in [2.24, 2.45) is 5.92 Å². The van der Waals surface area contributed by atoms with Crippen molar-refractivity contribution < 1.29 is 13.7 Å². The van der Waals surface area contributed by atoms with E-state index in [1.54, 1.807) is 6.07 Å². The molecule has 0 radical (unpaired) electrons. The van der Waals surface area contributed by atoms with Gasteiger partial charge in [0.05, 0.1) is 12.1 Å². The highest BCUT2D eigenvalue weighted by Gasteiger charge is 2.22. The number of benzene rings is 2. The highest BCUT2D eigenvalue weighted by Crippen LogP contribution is 2.20. The van der Waals surface area contributed by atoms with Crippen molar-refractivity contribution >= 4 is 28.6 Å². The summed E-state index contributed by atoms with van der Waals surface area (Å²) in [7, 11) is 0. The van der Waals surface area contributed by atoms with Crippen LogP contribution in [-0.2, 0) is 13.1 Å². The van der Waals surface area contributed by atoms with Gasteiger partial charge in [-0.25, -0.2) is 4.79 Å². The van der Waals surface area contributed by atoms with Crippen LogP contribution in [-0.4, -0.2) is 45.1 Å². The maximum atomic E-state index is 12.5. The first kappa shape index (κ1) is 23.3. The first-order valence-corrected chi connectivity index (χ1v) is 12.0. The Morgan fingerprint density at radius 2 is 1.91 bits per heavy atom. The molecule has 0 unspecified atom stereocenters. The van der Waals surface area contributed by atoms with E-state index in [1.165, 1.54) is 10.1 Å². The van der Waals surface area contributed by atoms with Crippen LogP contribution in [0.5, 0.6) is 0 Å². The van der Waals surface area contributed by atoms with Gasteiger partial charge in [0.1, 0.15) is 0 Å². The normalized spacial score (nSPS) is 15.0. The number of carbonyl (C=O) groups is 1. The van der Waals surface area contributed by atoms with Crippen LogP contribution >= 0.6 is 11.6 Å². The van der Waals surface area contributed by atoms with E-state index < -0.39 is 11.7 Å². The van der Waals surface area contributed by atoms with E-state index in [4.69, 9.17) is 20.5 Å². The Balaban J connectivity index is 1.12. The molecule has 1 N–H and O–H groups in total. The van der Waals surface area contributed by atoms with Gasteiger partial charge < -0.3 is 14.3 Å². The van der Waals surface area contributed by atoms with Gasteiger partial charge in [-0.05, 0) is 74.2 Å². The van der Waals surface area contributed by atoms with Crippen LogP contribution in [0.25, 0.3) is 11.1 Å². The molecule has 35 heavy (non-hydrogen) atoms. The molecule has 10 heteroatoms. The van der Waals surface area contributed by atoms with Crippen LogP contribution in [0.15, 0.2) is 56.2 Å². The average molecular weight is 496 g/mol. The Kier molecular flexibility index (Phi) is 6.70. The van der Waals surface area contributed by atoms with E-state index in [9.17, 15) is 9.59 Å². The number of carbonyl (C=O) groups excluding carboxylic acids is 1. The first-order valence-electron chi connectivity index (χ1n) is 11.6. The zero-order valence-electron chi connectivity index (χ0n) is 19.4. The molecular weight excluding hydrogens is 470 g/mol. The van der Waals surface area contributed by atoms with Gasteiger partial charge in [-0.3, -0.25) is 14.3 Å². The van der Waals surface area contributed by atoms with Gasteiger partial charge in [0.25, 0.3) is 0 Å². The highest BCUT2D eigenvalue weighted by molar-refractivity contribution is 6.30. The number of amides is 1. The second-order valence-electron chi connectivity index (χ2n) is 9.00. The average Bonchev–Trinajstić information content (AvgIpc) is 3.45. The fraction of sp³-hybridized carbons (Fsp3) is 0.360. The van der Waals surface area contributed by atoms with Gasteiger partial charge >= 0.3 is 17.6 Å². The van der Waals surface area contributed by atoms with Crippen LogP contribution in [0.4, 0.5) is 0 Å². The van der Waals surface area contributed by atoms with Crippen molar-refractivity contribution in [1.82, 2.24) is 24.9 Å². The maximum absolute atomic E-state index is 12.5. The lowest BCUT2D eigenvalue weighted by molar-refractivity contribution is 0.0891. The molecule has 1 saturated heterocycles. The molecule has 9 nitrogen and oxygen atoms in total. The van der Waals surface area contributed by atoms with E-state index in [2.05, 4.69) is 32.5 Å². The Morgan fingerprint density at radius 3 is 2.69 bits per heavy atom. The summed E-state index contributed by atoms with van der Waals surface area (Å²) >= 11 is 5.96. The smallest absolute Gasteiger partial charge is 0.408 e. The molecule has 182 valence electrons. The predicted molar refractivity (Wildman–Crippen MR) is 130 cm³/mol. The number of fused-ring (bicyclic) bond motifs is 1. The summed E-state index contributed by atoms with van der Waals surface area (Å²) < 4.78 is 11.8. The maximum Gasteiger partial charge on any atom is 0.420 e. The quantitative estimate of drug-likeness (QED) is 0.417. The minimum absolute atomic E-state index is 0.0537. The van der Waals surface area contributed by atoms with E-state index >= 15 is 0 Å². The Labute approximate surface area is 206 Å². The number of nitrogens with one attached hydrogen (secondary N) is 1. The fourth-order valence-electron chi connectivity index (χ4n) is 4.38. The minimum Gasteiger partial charge on any atom is -0.408 e. The summed E-state index contributed by atoms with van der Waals surface area (Å²) in [6, 6.07) is 13.4. The van der Waals surface area contributed by atoms with Gasteiger partial charge in [-0.2, -0.15) is 4.98 Å². The monoisotopic (exact) mass is 495 g/mol. The third-order valence-electron chi connectivity index (χ3n) is 6.36. The van der Waals surface area contributed by atoms with Crippen molar-refractivity contribution in [2.45, 2.75) is 32.9 Å². The Morgan fingerprint density at radius 1 is 1.14 bits per heavy atom. The molecule has 5 rings (SSSR count). The molecule has 2 aromatic carbocycles. The summed E-state index contributed by atoms with van der Waals surface area (Å²) in [5, 5.41) is 7.52. The number of likely N-dealkylation sites (tertiary alicyclic amines) is 1. The number of nitrogens with zero attached hydrogens (tertiary/aromatic N) is 4. The molecule has 1 aliphatic heterocycles. The van der Waals surface area contributed by atoms with Crippen LogP contribution in [0.1, 0.15) is 40.5 Å². The van der Waals surface area contributed by atoms with Crippen LogP contribution < -0.4 is 11.1 Å². The number of hydrogen-bond acceptors (Lipinski definition) is 7. The summed E-state index contributed by atoms with van der Waals surface area (Å²) in [5.41, 5.74) is 3.37. The van der Waals surface area contributed by atoms with Crippen molar-refractivity contribution in [2.75, 3.05) is 19.6 Å². The lowest BCUT2D eigenvalue weighted by Crippen LogP contribution is -2.38. The molecule has 0 saturated carbocycles. The second kappa shape index (κ2) is 10.1. The summed E-state index contributed by atoms with van der Waals surface area (Å²) in [6.07, 6.45) is 2.00. The van der Waals surface area contributed by atoms with Crippen molar-refractivity contribution in [3.8, 4) is 0 Å². The Bertz CT molecular complexity index is 1380. The molecule has 2 aromatic heterocycles. The van der Waals surface area contributed by atoms with Crippen molar-refractivity contribution in [3.05, 3.63) is 80.9 Å². The molecule has 0 atom stereocenters. The van der Waals surface area contributed by atoms with Gasteiger partial charge in [0.15, 0.2) is 11.4 Å². The topological polar surface area (TPSA) is 106 Å². The molecule has 1 aliphatic rings. The van der Waals surface area contributed by atoms with E-state index in [0.29, 0.717) is 23.6 Å². The number of aryl methyl sites for hydroxylation is 1. The molecule has 1 fully saturated rings. The third kappa shape index (κ3) is 5.47. The number of oxazole rings is 1. The van der Waals surface area contributed by atoms with E-state index in [0.717, 1.165) is 43.1 Å². The third-order valence-corrected chi connectivity index (χ3v) is 6.61. The predicted octanol–water partition coefficient (Wildman–Crippen LogP) is 3.63. The van der Waals surface area contributed by atoms with Gasteiger partial charge in [-0.1, -0.05) is 35.0 Å². The lowest BCUT2D eigenvalue weighted by Gasteiger charge is -2.32. The number of hydrogen-bond donors (Lipinski definition) is 1. The van der Waals surface area contributed by atoms with Crippen LogP contribution in [0.3, 0.4) is 0 Å². The SMILES string of the molecule is Cc1ccc2oc(=O)n(Cc3noc(C(=O)NCC4CCN(Cc5ccc(Cl)cc5)CC4)n3)c2c1. The molecule has 1 amide bonds. The zero-order valence-corrected chi connectivity index (χ0v) is 20.1.